The van der Waals surface area contributed by atoms with Crippen LogP contribution in [0.1, 0.15) is 12.8 Å². The first-order valence-electron chi connectivity index (χ1n) is 6.72. The van der Waals surface area contributed by atoms with Gasteiger partial charge in [-0.2, -0.15) is 0 Å². The summed E-state index contributed by atoms with van der Waals surface area (Å²) in [6.45, 7) is 2.13. The fourth-order valence-corrected chi connectivity index (χ4v) is 2.42. The molecule has 19 heavy (non-hydrogen) atoms. The molecule has 0 radical (unpaired) electrons. The number of carbonyl (C=O) groups excluding carboxylic acids is 1. The molecule has 1 amide bonds. The van der Waals surface area contributed by atoms with E-state index < -0.39 is 6.10 Å². The number of amides is 1. The number of hydrogen-bond acceptors (Lipinski definition) is 4. The Bertz CT molecular complexity index is 458. The quantitative estimate of drug-likeness (QED) is 0.823. The number of para-hydroxylation sites is 2. The van der Waals surface area contributed by atoms with Gasteiger partial charge in [0.1, 0.15) is 6.61 Å². The van der Waals surface area contributed by atoms with Crippen molar-refractivity contribution in [3.63, 3.8) is 0 Å². The highest BCUT2D eigenvalue weighted by molar-refractivity contribution is 5.82. The molecule has 2 unspecified atom stereocenters. The first kappa shape index (κ1) is 12.3. The third-order valence-corrected chi connectivity index (χ3v) is 3.44. The number of carbonyl (C=O) groups is 1. The molecule has 3 rings (SSSR count). The summed E-state index contributed by atoms with van der Waals surface area (Å²) in [6.07, 6.45) is 1.55. The van der Waals surface area contributed by atoms with Crippen molar-refractivity contribution in [1.82, 2.24) is 10.6 Å². The Morgan fingerprint density at radius 2 is 2.16 bits per heavy atom. The monoisotopic (exact) mass is 262 g/mol. The molecule has 1 aromatic carbocycles. The van der Waals surface area contributed by atoms with Gasteiger partial charge in [0.05, 0.1) is 0 Å². The van der Waals surface area contributed by atoms with E-state index in [0.29, 0.717) is 11.5 Å². The summed E-state index contributed by atoms with van der Waals surface area (Å²) in [5, 5.41) is 6.28. The molecular formula is C14H18N2O3. The molecule has 1 fully saturated rings. The Balaban J connectivity index is 1.59. The minimum Gasteiger partial charge on any atom is -0.485 e. The zero-order valence-electron chi connectivity index (χ0n) is 10.7. The summed E-state index contributed by atoms with van der Waals surface area (Å²) in [6, 6.07) is 7.61. The SMILES string of the molecule is O=C(NC1CCCNC1)C1COc2ccccc2O1. The summed E-state index contributed by atoms with van der Waals surface area (Å²) in [5.74, 6) is 1.24. The number of piperidine rings is 1. The molecule has 1 aromatic rings. The summed E-state index contributed by atoms with van der Waals surface area (Å²) < 4.78 is 11.2. The zero-order chi connectivity index (χ0) is 13.1. The predicted molar refractivity (Wildman–Crippen MR) is 70.4 cm³/mol. The molecular weight excluding hydrogens is 244 g/mol. The van der Waals surface area contributed by atoms with Gasteiger partial charge in [-0.3, -0.25) is 4.79 Å². The Morgan fingerprint density at radius 1 is 1.32 bits per heavy atom. The maximum absolute atomic E-state index is 12.1. The van der Waals surface area contributed by atoms with Gasteiger partial charge >= 0.3 is 0 Å². The van der Waals surface area contributed by atoms with E-state index in [4.69, 9.17) is 9.47 Å². The topological polar surface area (TPSA) is 59.6 Å². The second kappa shape index (κ2) is 5.48. The van der Waals surface area contributed by atoms with Crippen molar-refractivity contribution >= 4 is 5.91 Å². The highest BCUT2D eigenvalue weighted by Gasteiger charge is 2.28. The number of hydrogen-bond donors (Lipinski definition) is 2. The molecule has 2 N–H and O–H groups in total. The maximum Gasteiger partial charge on any atom is 0.264 e. The van der Waals surface area contributed by atoms with Gasteiger partial charge in [0.25, 0.3) is 5.91 Å². The third-order valence-electron chi connectivity index (χ3n) is 3.44. The molecule has 1 saturated heterocycles. The molecule has 5 heteroatoms. The normalized spacial score (nSPS) is 25.7. The molecule has 5 nitrogen and oxygen atoms in total. The van der Waals surface area contributed by atoms with Gasteiger partial charge in [-0.1, -0.05) is 12.1 Å². The lowest BCUT2D eigenvalue weighted by Crippen LogP contribution is -2.51. The Labute approximate surface area is 112 Å². The molecule has 0 aromatic heterocycles. The minimum atomic E-state index is -0.558. The smallest absolute Gasteiger partial charge is 0.264 e. The van der Waals surface area contributed by atoms with Gasteiger partial charge in [-0.15, -0.1) is 0 Å². The van der Waals surface area contributed by atoms with Gasteiger partial charge in [-0.25, -0.2) is 0 Å². The molecule has 102 valence electrons. The fourth-order valence-electron chi connectivity index (χ4n) is 2.42. The van der Waals surface area contributed by atoms with Crippen molar-refractivity contribution < 1.29 is 14.3 Å². The van der Waals surface area contributed by atoms with Crippen LogP contribution in [0.3, 0.4) is 0 Å². The van der Waals surface area contributed by atoms with Crippen molar-refractivity contribution in [2.75, 3.05) is 19.7 Å². The van der Waals surface area contributed by atoms with E-state index in [9.17, 15) is 4.79 Å². The zero-order valence-corrected chi connectivity index (χ0v) is 10.7. The largest absolute Gasteiger partial charge is 0.485 e. The van der Waals surface area contributed by atoms with Gasteiger partial charge in [0, 0.05) is 12.6 Å². The highest BCUT2D eigenvalue weighted by atomic mass is 16.6. The van der Waals surface area contributed by atoms with Crippen LogP contribution in [0.15, 0.2) is 24.3 Å². The summed E-state index contributed by atoms with van der Waals surface area (Å²) >= 11 is 0. The van der Waals surface area contributed by atoms with Crippen LogP contribution in [0.5, 0.6) is 11.5 Å². The number of ether oxygens (including phenoxy) is 2. The summed E-state index contributed by atoms with van der Waals surface area (Å²) in [5.41, 5.74) is 0. The van der Waals surface area contributed by atoms with Crippen molar-refractivity contribution in [3.05, 3.63) is 24.3 Å². The van der Waals surface area contributed by atoms with Gasteiger partial charge in [-0.05, 0) is 31.5 Å². The van der Waals surface area contributed by atoms with Crippen LogP contribution < -0.4 is 20.1 Å². The maximum atomic E-state index is 12.1. The second-order valence-electron chi connectivity index (χ2n) is 4.92. The first-order chi connectivity index (χ1) is 9.33. The van der Waals surface area contributed by atoms with Crippen molar-refractivity contribution in [3.8, 4) is 11.5 Å². The van der Waals surface area contributed by atoms with Crippen molar-refractivity contribution in [1.29, 1.82) is 0 Å². The van der Waals surface area contributed by atoms with Gasteiger partial charge < -0.3 is 20.1 Å². The fraction of sp³-hybridized carbons (Fsp3) is 0.500. The van der Waals surface area contributed by atoms with Crippen molar-refractivity contribution in [2.45, 2.75) is 25.0 Å². The number of nitrogens with one attached hydrogen (secondary N) is 2. The average Bonchev–Trinajstić information content (AvgIpc) is 2.48. The van der Waals surface area contributed by atoms with Crippen LogP contribution in [0.2, 0.25) is 0 Å². The van der Waals surface area contributed by atoms with Crippen LogP contribution in [-0.4, -0.2) is 37.7 Å². The predicted octanol–water partition coefficient (Wildman–Crippen LogP) is 0.695. The first-order valence-corrected chi connectivity index (χ1v) is 6.72. The third kappa shape index (κ3) is 2.81. The molecule has 0 spiro atoms. The molecule has 0 aliphatic carbocycles. The number of benzene rings is 1. The van der Waals surface area contributed by atoms with Crippen molar-refractivity contribution in [2.24, 2.45) is 0 Å². The van der Waals surface area contributed by atoms with E-state index in [-0.39, 0.29) is 18.6 Å². The lowest BCUT2D eigenvalue weighted by molar-refractivity contribution is -0.131. The Kier molecular flexibility index (Phi) is 3.55. The summed E-state index contributed by atoms with van der Waals surface area (Å²) in [4.78, 5) is 12.1. The summed E-state index contributed by atoms with van der Waals surface area (Å²) in [7, 11) is 0. The Morgan fingerprint density at radius 3 is 2.95 bits per heavy atom. The van der Waals surface area contributed by atoms with Crippen LogP contribution in [0, 0.1) is 0 Å². The number of rotatable bonds is 2. The van der Waals surface area contributed by atoms with Crippen LogP contribution in [-0.2, 0) is 4.79 Å². The van der Waals surface area contributed by atoms with E-state index in [1.807, 2.05) is 24.3 Å². The van der Waals surface area contributed by atoms with E-state index in [2.05, 4.69) is 10.6 Å². The lowest BCUT2D eigenvalue weighted by atomic mass is 10.1. The second-order valence-corrected chi connectivity index (χ2v) is 4.92. The molecule has 2 aliphatic rings. The number of fused-ring (bicyclic) bond motifs is 1. The van der Waals surface area contributed by atoms with Gasteiger partial charge in [0.15, 0.2) is 11.5 Å². The molecule has 0 bridgehead atoms. The Hall–Kier alpha value is -1.75. The van der Waals surface area contributed by atoms with E-state index in [0.717, 1.165) is 25.9 Å². The van der Waals surface area contributed by atoms with E-state index in [1.54, 1.807) is 0 Å². The molecule has 2 heterocycles. The van der Waals surface area contributed by atoms with Gasteiger partial charge in [0.2, 0.25) is 6.10 Å². The molecule has 2 aliphatic heterocycles. The highest BCUT2D eigenvalue weighted by Crippen LogP contribution is 2.30. The lowest BCUT2D eigenvalue weighted by Gasteiger charge is -2.29. The van der Waals surface area contributed by atoms with Crippen LogP contribution >= 0.6 is 0 Å². The average molecular weight is 262 g/mol. The standard InChI is InChI=1S/C14H18N2O3/c17-14(16-10-4-3-7-15-8-10)13-9-18-11-5-1-2-6-12(11)19-13/h1-2,5-6,10,13,15H,3-4,7-9H2,(H,16,17). The molecule has 2 atom stereocenters. The van der Waals surface area contributed by atoms with Crippen LogP contribution in [0.25, 0.3) is 0 Å². The van der Waals surface area contributed by atoms with E-state index in [1.165, 1.54) is 0 Å². The van der Waals surface area contributed by atoms with Crippen LogP contribution in [0.4, 0.5) is 0 Å². The molecule has 0 saturated carbocycles. The van der Waals surface area contributed by atoms with E-state index >= 15 is 0 Å². The minimum absolute atomic E-state index is 0.0943.